The number of piperidine rings is 1. The van der Waals surface area contributed by atoms with Crippen molar-refractivity contribution in [3.8, 4) is 0 Å². The quantitative estimate of drug-likeness (QED) is 0.759. The third kappa shape index (κ3) is 4.24. The molecular formula is C22H28N4O4. The molecule has 1 amide bonds. The minimum Gasteiger partial charge on any atom is -0.388 e. The third-order valence-electron chi connectivity index (χ3n) is 6.31. The number of carbonyl (C=O) groups excluding carboxylic acids is 1. The van der Waals surface area contributed by atoms with E-state index in [0.29, 0.717) is 19.4 Å². The van der Waals surface area contributed by atoms with Crippen LogP contribution in [0.3, 0.4) is 0 Å². The number of hydrogen-bond donors (Lipinski definition) is 2. The van der Waals surface area contributed by atoms with Crippen molar-refractivity contribution in [3.05, 3.63) is 68.5 Å². The number of carbonyl (C=O) groups is 1. The normalized spacial score (nSPS) is 24.1. The molecule has 1 aromatic heterocycles. The van der Waals surface area contributed by atoms with Crippen molar-refractivity contribution < 1.29 is 9.90 Å². The Morgan fingerprint density at radius 3 is 2.57 bits per heavy atom. The van der Waals surface area contributed by atoms with Crippen molar-refractivity contribution >= 4 is 5.91 Å². The van der Waals surface area contributed by atoms with E-state index in [9.17, 15) is 19.5 Å². The zero-order valence-corrected chi connectivity index (χ0v) is 17.2. The van der Waals surface area contributed by atoms with Crippen molar-refractivity contribution in [2.45, 2.75) is 50.9 Å². The molecule has 4 rings (SSSR count). The zero-order valence-electron chi connectivity index (χ0n) is 17.2. The number of amides is 1. The predicted molar refractivity (Wildman–Crippen MR) is 112 cm³/mol. The zero-order chi connectivity index (χ0) is 21.3. The lowest BCUT2D eigenvalue weighted by Gasteiger charge is -2.43. The predicted octanol–water partition coefficient (Wildman–Crippen LogP) is 0.857. The van der Waals surface area contributed by atoms with Crippen LogP contribution < -0.4 is 11.2 Å². The molecule has 0 bridgehead atoms. The molecule has 2 aromatic rings. The molecule has 160 valence electrons. The molecule has 8 heteroatoms. The lowest BCUT2D eigenvalue weighted by Crippen LogP contribution is -2.55. The van der Waals surface area contributed by atoms with Gasteiger partial charge in [0, 0.05) is 44.9 Å². The van der Waals surface area contributed by atoms with E-state index in [1.54, 1.807) is 11.8 Å². The van der Waals surface area contributed by atoms with Crippen LogP contribution in [0.25, 0.3) is 0 Å². The summed E-state index contributed by atoms with van der Waals surface area (Å²) in [5.74, 6) is 0.0321. The number of aromatic amines is 1. The lowest BCUT2D eigenvalue weighted by atomic mass is 9.88. The minimum absolute atomic E-state index is 0.0321. The Kier molecular flexibility index (Phi) is 5.62. The van der Waals surface area contributed by atoms with Crippen LogP contribution in [0.5, 0.6) is 0 Å². The second kappa shape index (κ2) is 8.20. The molecular weight excluding hydrogens is 384 g/mol. The molecule has 8 nitrogen and oxygen atoms in total. The first-order chi connectivity index (χ1) is 14.3. The van der Waals surface area contributed by atoms with Gasteiger partial charge in [-0.3, -0.25) is 24.0 Å². The van der Waals surface area contributed by atoms with Crippen LogP contribution >= 0.6 is 0 Å². The van der Waals surface area contributed by atoms with E-state index in [4.69, 9.17) is 0 Å². The molecule has 0 spiro atoms. The number of nitrogens with one attached hydrogen (secondary N) is 1. The van der Waals surface area contributed by atoms with E-state index in [2.05, 4.69) is 34.1 Å². The third-order valence-corrected chi connectivity index (χ3v) is 6.31. The van der Waals surface area contributed by atoms with Crippen LogP contribution in [0, 0.1) is 0 Å². The molecule has 2 aliphatic heterocycles. The van der Waals surface area contributed by atoms with E-state index in [-0.39, 0.29) is 12.5 Å². The van der Waals surface area contributed by atoms with Gasteiger partial charge in [0.15, 0.2) is 0 Å². The Hall–Kier alpha value is -2.71. The van der Waals surface area contributed by atoms with Gasteiger partial charge in [0.05, 0.1) is 11.6 Å². The summed E-state index contributed by atoms with van der Waals surface area (Å²) in [6.45, 7) is 5.07. The number of benzene rings is 1. The number of rotatable bonds is 5. The van der Waals surface area contributed by atoms with Crippen molar-refractivity contribution in [2.24, 2.45) is 0 Å². The van der Waals surface area contributed by atoms with Gasteiger partial charge in [-0.15, -0.1) is 0 Å². The first-order valence-corrected chi connectivity index (χ1v) is 10.4. The highest BCUT2D eigenvalue weighted by Crippen LogP contribution is 2.31. The Morgan fingerprint density at radius 1 is 1.20 bits per heavy atom. The summed E-state index contributed by atoms with van der Waals surface area (Å²) in [6, 6.07) is 9.07. The van der Waals surface area contributed by atoms with E-state index in [1.807, 2.05) is 0 Å². The molecule has 0 aliphatic carbocycles. The molecule has 1 saturated heterocycles. The highest BCUT2D eigenvalue weighted by Gasteiger charge is 2.40. The number of fused-ring (bicyclic) bond motifs is 1. The first kappa shape index (κ1) is 20.6. The summed E-state index contributed by atoms with van der Waals surface area (Å²) >= 11 is 0. The largest absolute Gasteiger partial charge is 0.388 e. The standard InChI is InChI=1S/C22H28N4O4/c1-22(30)9-12-25(15-18(22)26-11-8-19(27)23-21(26)29)20(28)7-4-10-24-13-16-5-2-3-6-17(16)14-24/h2-3,5-6,8,11,18,30H,4,7,9-10,12-15H2,1H3,(H,23,27,29)/t18-,22-/m1/s1. The number of nitrogens with zero attached hydrogens (tertiary/aromatic N) is 3. The Labute approximate surface area is 174 Å². The molecule has 0 radical (unpaired) electrons. The fourth-order valence-corrected chi connectivity index (χ4v) is 4.49. The number of aromatic nitrogens is 2. The molecule has 1 fully saturated rings. The fourth-order valence-electron chi connectivity index (χ4n) is 4.49. The van der Waals surface area contributed by atoms with Crippen LogP contribution in [0.2, 0.25) is 0 Å². The molecule has 0 saturated carbocycles. The maximum atomic E-state index is 12.8. The van der Waals surface area contributed by atoms with Crippen LogP contribution in [0.4, 0.5) is 0 Å². The van der Waals surface area contributed by atoms with Gasteiger partial charge < -0.3 is 10.0 Å². The SMILES string of the molecule is C[C@@]1(O)CCN(C(=O)CCCN2Cc3ccccc3C2)C[C@H]1n1ccc(=O)[nH]c1=O. The number of likely N-dealkylation sites (tertiary alicyclic amines) is 1. The molecule has 2 N–H and O–H groups in total. The van der Waals surface area contributed by atoms with Crippen molar-refractivity contribution in [2.75, 3.05) is 19.6 Å². The molecule has 30 heavy (non-hydrogen) atoms. The fraction of sp³-hybridized carbons (Fsp3) is 0.500. The van der Waals surface area contributed by atoms with Crippen LogP contribution in [-0.4, -0.2) is 55.6 Å². The molecule has 0 unspecified atom stereocenters. The molecule has 2 atom stereocenters. The number of aliphatic hydroxyl groups is 1. The molecule has 2 aliphatic rings. The van der Waals surface area contributed by atoms with Gasteiger partial charge in [-0.05, 0) is 37.4 Å². The van der Waals surface area contributed by atoms with Crippen LogP contribution in [-0.2, 0) is 17.9 Å². The molecule has 3 heterocycles. The van der Waals surface area contributed by atoms with E-state index < -0.39 is 22.9 Å². The van der Waals surface area contributed by atoms with E-state index >= 15 is 0 Å². The number of H-pyrrole nitrogens is 1. The van der Waals surface area contributed by atoms with Gasteiger partial charge in [0.1, 0.15) is 0 Å². The van der Waals surface area contributed by atoms with Crippen LogP contribution in [0.15, 0.2) is 46.1 Å². The average molecular weight is 412 g/mol. The highest BCUT2D eigenvalue weighted by molar-refractivity contribution is 5.76. The average Bonchev–Trinajstić information content (AvgIpc) is 3.11. The van der Waals surface area contributed by atoms with Gasteiger partial charge in [-0.2, -0.15) is 0 Å². The van der Waals surface area contributed by atoms with E-state index in [1.165, 1.54) is 28.0 Å². The smallest absolute Gasteiger partial charge is 0.328 e. The monoisotopic (exact) mass is 412 g/mol. The van der Waals surface area contributed by atoms with Gasteiger partial charge in [0.25, 0.3) is 5.56 Å². The van der Waals surface area contributed by atoms with Crippen molar-refractivity contribution in [1.29, 1.82) is 0 Å². The maximum absolute atomic E-state index is 12.8. The summed E-state index contributed by atoms with van der Waals surface area (Å²) < 4.78 is 1.32. The lowest BCUT2D eigenvalue weighted by molar-refractivity contribution is -0.138. The van der Waals surface area contributed by atoms with Gasteiger partial charge in [-0.25, -0.2) is 4.79 Å². The first-order valence-electron chi connectivity index (χ1n) is 10.4. The summed E-state index contributed by atoms with van der Waals surface area (Å²) in [6.07, 6.45) is 2.96. The Morgan fingerprint density at radius 2 is 1.90 bits per heavy atom. The van der Waals surface area contributed by atoms with Crippen molar-refractivity contribution in [1.82, 2.24) is 19.4 Å². The topological polar surface area (TPSA) is 98.6 Å². The van der Waals surface area contributed by atoms with Gasteiger partial charge in [-0.1, -0.05) is 24.3 Å². The van der Waals surface area contributed by atoms with Gasteiger partial charge in [0.2, 0.25) is 5.91 Å². The van der Waals surface area contributed by atoms with E-state index in [0.717, 1.165) is 26.1 Å². The van der Waals surface area contributed by atoms with Gasteiger partial charge >= 0.3 is 5.69 Å². The Bertz CT molecular complexity index is 1020. The second-order valence-electron chi connectivity index (χ2n) is 8.56. The maximum Gasteiger partial charge on any atom is 0.328 e. The summed E-state index contributed by atoms with van der Waals surface area (Å²) in [4.78, 5) is 42.7. The van der Waals surface area contributed by atoms with Crippen LogP contribution in [0.1, 0.15) is 43.4 Å². The summed E-state index contributed by atoms with van der Waals surface area (Å²) in [7, 11) is 0. The summed E-state index contributed by atoms with van der Waals surface area (Å²) in [5, 5.41) is 10.8. The Balaban J connectivity index is 1.34. The molecule has 1 aromatic carbocycles. The minimum atomic E-state index is -1.14. The number of hydrogen-bond acceptors (Lipinski definition) is 5. The highest BCUT2D eigenvalue weighted by atomic mass is 16.3. The second-order valence-corrected chi connectivity index (χ2v) is 8.56. The summed E-state index contributed by atoms with van der Waals surface area (Å²) in [5.41, 5.74) is 0.520. The van der Waals surface area contributed by atoms with Crippen molar-refractivity contribution in [3.63, 3.8) is 0 Å².